The molecular formula is C15H14F3N5O3. The summed E-state index contributed by atoms with van der Waals surface area (Å²) in [6.45, 7) is -1.19. The number of hydrogen-bond acceptors (Lipinski definition) is 4. The molecule has 3 rings (SSSR count). The zero-order chi connectivity index (χ0) is 18.9. The van der Waals surface area contributed by atoms with Crippen molar-refractivity contribution in [1.29, 1.82) is 0 Å². The van der Waals surface area contributed by atoms with E-state index in [4.69, 9.17) is 5.11 Å². The van der Waals surface area contributed by atoms with E-state index in [1.165, 1.54) is 10.9 Å². The lowest BCUT2D eigenvalue weighted by atomic mass is 9.96. The van der Waals surface area contributed by atoms with Gasteiger partial charge in [0.05, 0.1) is 29.9 Å². The average Bonchev–Trinajstić information content (AvgIpc) is 3.25. The van der Waals surface area contributed by atoms with Gasteiger partial charge in [-0.15, -0.1) is 5.10 Å². The Morgan fingerprint density at radius 1 is 1.19 bits per heavy atom. The molecule has 2 N–H and O–H groups in total. The third kappa shape index (κ3) is 3.60. The number of carboxylic acid groups (broad SMARTS) is 1. The second kappa shape index (κ2) is 6.65. The van der Waals surface area contributed by atoms with Gasteiger partial charge < -0.3 is 15.3 Å². The van der Waals surface area contributed by atoms with Crippen LogP contribution in [0.15, 0.2) is 36.7 Å². The van der Waals surface area contributed by atoms with Crippen LogP contribution in [0, 0.1) is 11.8 Å². The summed E-state index contributed by atoms with van der Waals surface area (Å²) in [4.78, 5) is 24.1. The second-order valence-electron chi connectivity index (χ2n) is 5.82. The molecule has 1 saturated heterocycles. The molecule has 0 aliphatic carbocycles. The van der Waals surface area contributed by atoms with Crippen molar-refractivity contribution in [2.24, 2.45) is 11.8 Å². The number of halogens is 3. The van der Waals surface area contributed by atoms with Crippen LogP contribution >= 0.6 is 0 Å². The summed E-state index contributed by atoms with van der Waals surface area (Å²) in [6.07, 6.45) is -1.56. The number of aromatic nitrogens is 3. The Kier molecular flexibility index (Phi) is 4.53. The van der Waals surface area contributed by atoms with Crippen molar-refractivity contribution >= 4 is 17.7 Å². The van der Waals surface area contributed by atoms with Crippen LogP contribution < -0.4 is 5.32 Å². The summed E-state index contributed by atoms with van der Waals surface area (Å²) < 4.78 is 40.4. The molecular weight excluding hydrogens is 355 g/mol. The smallest absolute Gasteiger partial charge is 0.394 e. The van der Waals surface area contributed by atoms with Gasteiger partial charge in [0.2, 0.25) is 0 Å². The zero-order valence-corrected chi connectivity index (χ0v) is 13.2. The molecule has 2 amide bonds. The molecule has 2 aromatic rings. The highest BCUT2D eigenvalue weighted by Gasteiger charge is 2.53. The Balaban J connectivity index is 1.67. The van der Waals surface area contributed by atoms with E-state index in [-0.39, 0.29) is 0 Å². The molecule has 1 aliphatic heterocycles. The van der Waals surface area contributed by atoms with Gasteiger partial charge in [-0.2, -0.15) is 13.2 Å². The van der Waals surface area contributed by atoms with Crippen LogP contribution in [0.1, 0.15) is 0 Å². The van der Waals surface area contributed by atoms with Gasteiger partial charge in [-0.3, -0.25) is 4.79 Å². The van der Waals surface area contributed by atoms with E-state index in [1.807, 2.05) is 0 Å². The molecule has 1 aromatic heterocycles. The van der Waals surface area contributed by atoms with Crippen molar-refractivity contribution in [3.05, 3.63) is 36.7 Å². The molecule has 1 aliphatic rings. The molecule has 1 fully saturated rings. The lowest BCUT2D eigenvalue weighted by molar-refractivity contribution is -0.187. The number of amides is 2. The summed E-state index contributed by atoms with van der Waals surface area (Å²) in [6, 6.07) is 5.62. The van der Waals surface area contributed by atoms with E-state index in [1.54, 1.807) is 30.5 Å². The number of likely N-dealkylation sites (tertiary alicyclic amines) is 1. The molecule has 2 atom stereocenters. The number of benzene rings is 1. The lowest BCUT2D eigenvalue weighted by Gasteiger charge is -2.18. The largest absolute Gasteiger partial charge is 0.481 e. The molecule has 0 unspecified atom stereocenters. The van der Waals surface area contributed by atoms with Crippen molar-refractivity contribution in [2.45, 2.75) is 6.18 Å². The first-order valence-electron chi connectivity index (χ1n) is 7.58. The van der Waals surface area contributed by atoms with E-state index >= 15 is 0 Å². The molecule has 0 spiro atoms. The number of hydrogen-bond donors (Lipinski definition) is 2. The normalized spacial score (nSPS) is 20.2. The van der Waals surface area contributed by atoms with Crippen molar-refractivity contribution < 1.29 is 27.9 Å². The Bertz CT molecular complexity index is 792. The van der Waals surface area contributed by atoms with Crippen LogP contribution in [0.25, 0.3) is 5.69 Å². The minimum atomic E-state index is -4.68. The van der Waals surface area contributed by atoms with Gasteiger partial charge in [-0.25, -0.2) is 9.48 Å². The van der Waals surface area contributed by atoms with Crippen LogP contribution in [0.2, 0.25) is 0 Å². The van der Waals surface area contributed by atoms with Crippen molar-refractivity contribution in [3.8, 4) is 5.69 Å². The van der Waals surface area contributed by atoms with Gasteiger partial charge in [0.15, 0.2) is 0 Å². The van der Waals surface area contributed by atoms with Crippen LogP contribution in [-0.2, 0) is 4.79 Å². The standard InChI is InChI=1S/C15H14F3N5O3/c16-15(17,18)12-8-22(7-11(12)13(24)25)14(26)20-9-1-3-10(4-2-9)23-6-5-19-21-23/h1-6,11-12H,7-8H2,(H,20,26)(H,24,25)/t11-,12-/m1/s1. The fraction of sp³-hybridized carbons (Fsp3) is 0.333. The number of nitrogens with zero attached hydrogens (tertiary/aromatic N) is 4. The van der Waals surface area contributed by atoms with Gasteiger partial charge in [0.1, 0.15) is 0 Å². The van der Waals surface area contributed by atoms with Gasteiger partial charge >= 0.3 is 18.2 Å². The number of carbonyl (C=O) groups excluding carboxylic acids is 1. The van der Waals surface area contributed by atoms with Gasteiger partial charge in [0.25, 0.3) is 0 Å². The first-order chi connectivity index (χ1) is 12.3. The quantitative estimate of drug-likeness (QED) is 0.862. The number of anilines is 1. The molecule has 0 saturated carbocycles. The molecule has 1 aromatic carbocycles. The van der Waals surface area contributed by atoms with Crippen LogP contribution in [0.4, 0.5) is 23.7 Å². The highest BCUT2D eigenvalue weighted by Crippen LogP contribution is 2.37. The summed E-state index contributed by atoms with van der Waals surface area (Å²) in [5.41, 5.74) is 1.05. The zero-order valence-electron chi connectivity index (χ0n) is 13.2. The number of rotatable bonds is 3. The van der Waals surface area contributed by atoms with Gasteiger partial charge in [-0.05, 0) is 24.3 Å². The van der Waals surface area contributed by atoms with Crippen LogP contribution in [0.5, 0.6) is 0 Å². The van der Waals surface area contributed by atoms with Crippen molar-refractivity contribution in [1.82, 2.24) is 19.9 Å². The molecule has 2 heterocycles. The van der Waals surface area contributed by atoms with Gasteiger partial charge in [0, 0.05) is 18.8 Å². The first kappa shape index (κ1) is 17.7. The maximum Gasteiger partial charge on any atom is 0.394 e. The summed E-state index contributed by atoms with van der Waals surface area (Å²) in [5.74, 6) is -5.32. The Morgan fingerprint density at radius 2 is 1.88 bits per heavy atom. The third-order valence-corrected chi connectivity index (χ3v) is 4.15. The minimum Gasteiger partial charge on any atom is -0.481 e. The lowest BCUT2D eigenvalue weighted by Crippen LogP contribution is -2.35. The summed E-state index contributed by atoms with van der Waals surface area (Å²) >= 11 is 0. The van der Waals surface area contributed by atoms with Crippen LogP contribution in [0.3, 0.4) is 0 Å². The molecule has 0 bridgehead atoms. The van der Waals surface area contributed by atoms with Crippen LogP contribution in [-0.4, -0.2) is 56.3 Å². The maximum atomic E-state index is 13.0. The molecule has 26 heavy (non-hydrogen) atoms. The fourth-order valence-electron chi connectivity index (χ4n) is 2.80. The summed E-state index contributed by atoms with van der Waals surface area (Å²) in [7, 11) is 0. The Morgan fingerprint density at radius 3 is 2.38 bits per heavy atom. The van der Waals surface area contributed by atoms with E-state index in [0.29, 0.717) is 11.4 Å². The predicted octanol–water partition coefficient (Wildman–Crippen LogP) is 1.99. The second-order valence-corrected chi connectivity index (χ2v) is 5.82. The van der Waals surface area contributed by atoms with E-state index in [2.05, 4.69) is 15.6 Å². The highest BCUT2D eigenvalue weighted by atomic mass is 19.4. The number of carboxylic acids is 1. The van der Waals surface area contributed by atoms with E-state index < -0.39 is 43.1 Å². The maximum absolute atomic E-state index is 13.0. The van der Waals surface area contributed by atoms with E-state index in [9.17, 15) is 22.8 Å². The highest BCUT2D eigenvalue weighted by molar-refractivity contribution is 5.90. The third-order valence-electron chi connectivity index (χ3n) is 4.15. The number of alkyl halides is 3. The number of nitrogens with one attached hydrogen (secondary N) is 1. The average molecular weight is 369 g/mol. The Labute approximate surface area is 145 Å². The Hall–Kier alpha value is -3.11. The first-order valence-corrected chi connectivity index (χ1v) is 7.58. The van der Waals surface area contributed by atoms with E-state index in [0.717, 1.165) is 4.90 Å². The predicted molar refractivity (Wildman–Crippen MR) is 82.6 cm³/mol. The monoisotopic (exact) mass is 369 g/mol. The minimum absolute atomic E-state index is 0.362. The molecule has 8 nitrogen and oxygen atoms in total. The van der Waals surface area contributed by atoms with Crippen molar-refractivity contribution in [2.75, 3.05) is 18.4 Å². The summed E-state index contributed by atoms with van der Waals surface area (Å²) in [5, 5.41) is 18.9. The topological polar surface area (TPSA) is 100 Å². The number of urea groups is 1. The SMILES string of the molecule is O=C(O)[C@@H]1CN(C(=O)Nc2ccc(-n3ccnn3)cc2)C[C@H]1C(F)(F)F. The molecule has 0 radical (unpaired) electrons. The molecule has 11 heteroatoms. The van der Waals surface area contributed by atoms with Crippen molar-refractivity contribution in [3.63, 3.8) is 0 Å². The molecule has 138 valence electrons. The number of aliphatic carboxylic acids is 1. The van der Waals surface area contributed by atoms with Gasteiger partial charge in [-0.1, -0.05) is 5.21 Å². The fourth-order valence-corrected chi connectivity index (χ4v) is 2.80. The number of carbonyl (C=O) groups is 2.